The number of rotatable bonds is 6. The maximum atomic E-state index is 12.8. The number of nitrogens with zero attached hydrogens (tertiary/aromatic N) is 1. The van der Waals surface area contributed by atoms with Crippen molar-refractivity contribution >= 4 is 17.8 Å². The van der Waals surface area contributed by atoms with Gasteiger partial charge in [-0.05, 0) is 44.9 Å². The second kappa shape index (κ2) is 9.38. The monoisotopic (exact) mass is 419 g/mol. The van der Waals surface area contributed by atoms with Gasteiger partial charge in [0.25, 0.3) is 0 Å². The molecule has 5 heteroatoms. The molecule has 2 aromatic rings. The van der Waals surface area contributed by atoms with Crippen molar-refractivity contribution in [2.45, 2.75) is 39.2 Å². The van der Waals surface area contributed by atoms with E-state index in [1.807, 2.05) is 61.2 Å². The Kier molecular flexibility index (Phi) is 6.40. The fraction of sp³-hybridized carbons (Fsp3) is 0.385. The molecule has 2 heterocycles. The highest BCUT2D eigenvalue weighted by Gasteiger charge is 2.27. The van der Waals surface area contributed by atoms with E-state index in [2.05, 4.69) is 0 Å². The Balaban J connectivity index is 1.39. The minimum Gasteiger partial charge on any atom is -0.493 e. The highest BCUT2D eigenvalue weighted by atomic mass is 16.5. The number of benzene rings is 2. The van der Waals surface area contributed by atoms with Crippen LogP contribution in [0.5, 0.6) is 11.5 Å². The standard InChI is InChI=1S/C26H29NO4/c1-3-30-23-17-22-15-18(2)31-24(22)16-21(23)9-10-25(28)27-13-11-20(12-14-27)26(29)19-7-5-4-6-8-19/h4-10,16-18,20H,3,11-15H2,1-2H3/b10-9+. The minimum absolute atomic E-state index is 0.0177. The third-order valence-corrected chi connectivity index (χ3v) is 5.97. The summed E-state index contributed by atoms with van der Waals surface area (Å²) in [6.07, 6.45) is 5.83. The van der Waals surface area contributed by atoms with Crippen LogP contribution in [0.25, 0.3) is 6.08 Å². The number of amides is 1. The smallest absolute Gasteiger partial charge is 0.246 e. The van der Waals surface area contributed by atoms with Crippen LogP contribution in [-0.2, 0) is 11.2 Å². The van der Waals surface area contributed by atoms with Gasteiger partial charge in [-0.15, -0.1) is 0 Å². The lowest BCUT2D eigenvalue weighted by Crippen LogP contribution is -2.39. The second-order valence-electron chi connectivity index (χ2n) is 8.23. The fourth-order valence-corrected chi connectivity index (χ4v) is 4.33. The number of hydrogen-bond acceptors (Lipinski definition) is 4. The van der Waals surface area contributed by atoms with Gasteiger partial charge in [-0.2, -0.15) is 0 Å². The molecule has 2 aromatic carbocycles. The Labute approximate surface area is 183 Å². The predicted octanol–water partition coefficient (Wildman–Crippen LogP) is 4.54. The van der Waals surface area contributed by atoms with Gasteiger partial charge in [0, 0.05) is 48.2 Å². The van der Waals surface area contributed by atoms with Gasteiger partial charge in [0.15, 0.2) is 5.78 Å². The molecular formula is C26H29NO4. The molecule has 0 spiro atoms. The Bertz CT molecular complexity index is 974. The Morgan fingerprint density at radius 3 is 2.61 bits per heavy atom. The first-order valence-corrected chi connectivity index (χ1v) is 11.1. The van der Waals surface area contributed by atoms with E-state index < -0.39 is 0 Å². The topological polar surface area (TPSA) is 55.8 Å². The molecule has 0 radical (unpaired) electrons. The van der Waals surface area contributed by atoms with Crippen LogP contribution in [0.1, 0.15) is 48.2 Å². The molecule has 1 saturated heterocycles. The number of ketones is 1. The van der Waals surface area contributed by atoms with Crippen molar-refractivity contribution in [2.24, 2.45) is 5.92 Å². The van der Waals surface area contributed by atoms with Gasteiger partial charge in [-0.3, -0.25) is 9.59 Å². The summed E-state index contributed by atoms with van der Waals surface area (Å²) in [5, 5.41) is 0. The van der Waals surface area contributed by atoms with Crippen LogP contribution < -0.4 is 9.47 Å². The van der Waals surface area contributed by atoms with Crippen molar-refractivity contribution in [1.82, 2.24) is 4.90 Å². The van der Waals surface area contributed by atoms with Crippen molar-refractivity contribution in [1.29, 1.82) is 0 Å². The summed E-state index contributed by atoms with van der Waals surface area (Å²) in [4.78, 5) is 27.2. The average molecular weight is 420 g/mol. The number of fused-ring (bicyclic) bond motifs is 1. The van der Waals surface area contributed by atoms with E-state index >= 15 is 0 Å². The number of ether oxygens (including phenoxy) is 2. The fourth-order valence-electron chi connectivity index (χ4n) is 4.33. The van der Waals surface area contributed by atoms with Crippen LogP contribution >= 0.6 is 0 Å². The zero-order valence-electron chi connectivity index (χ0n) is 18.2. The van der Waals surface area contributed by atoms with Gasteiger partial charge in [-0.1, -0.05) is 30.3 Å². The van der Waals surface area contributed by atoms with Gasteiger partial charge in [-0.25, -0.2) is 0 Å². The first-order chi connectivity index (χ1) is 15.0. The maximum absolute atomic E-state index is 12.8. The Morgan fingerprint density at radius 2 is 1.90 bits per heavy atom. The zero-order valence-corrected chi connectivity index (χ0v) is 18.2. The highest BCUT2D eigenvalue weighted by molar-refractivity contribution is 5.98. The second-order valence-corrected chi connectivity index (χ2v) is 8.23. The predicted molar refractivity (Wildman–Crippen MR) is 121 cm³/mol. The lowest BCUT2D eigenvalue weighted by molar-refractivity contribution is -0.127. The first kappa shape index (κ1) is 21.2. The summed E-state index contributed by atoms with van der Waals surface area (Å²) in [6.45, 7) is 5.75. The molecule has 0 N–H and O–H groups in total. The number of likely N-dealkylation sites (tertiary alicyclic amines) is 1. The zero-order chi connectivity index (χ0) is 21.8. The Hall–Kier alpha value is -3.08. The number of Topliss-reactive ketones (excluding diaryl/α,β-unsaturated/α-hetero) is 1. The van der Waals surface area contributed by atoms with Gasteiger partial charge in [0.1, 0.15) is 17.6 Å². The SMILES string of the molecule is CCOc1cc2c(cc1/C=C/C(=O)N1CCC(C(=O)c3ccccc3)CC1)OC(C)C2. The molecule has 5 nitrogen and oxygen atoms in total. The van der Waals surface area contributed by atoms with Gasteiger partial charge in [0.05, 0.1) is 6.61 Å². The van der Waals surface area contributed by atoms with Crippen molar-refractivity contribution in [2.75, 3.05) is 19.7 Å². The molecule has 4 rings (SSSR count). The molecule has 31 heavy (non-hydrogen) atoms. The Morgan fingerprint density at radius 1 is 1.16 bits per heavy atom. The highest BCUT2D eigenvalue weighted by Crippen LogP contribution is 2.35. The molecule has 162 valence electrons. The van der Waals surface area contributed by atoms with E-state index in [4.69, 9.17) is 9.47 Å². The first-order valence-electron chi connectivity index (χ1n) is 11.1. The van der Waals surface area contributed by atoms with Crippen LogP contribution in [-0.4, -0.2) is 42.4 Å². The van der Waals surface area contributed by atoms with Crippen LogP contribution in [0.2, 0.25) is 0 Å². The number of carbonyl (C=O) groups is 2. The van der Waals surface area contributed by atoms with E-state index in [-0.39, 0.29) is 23.7 Å². The third kappa shape index (κ3) is 4.82. The molecule has 0 bridgehead atoms. The molecule has 1 fully saturated rings. The van der Waals surface area contributed by atoms with Gasteiger partial charge < -0.3 is 14.4 Å². The third-order valence-electron chi connectivity index (χ3n) is 5.97. The number of hydrogen-bond donors (Lipinski definition) is 0. The summed E-state index contributed by atoms with van der Waals surface area (Å²) >= 11 is 0. The van der Waals surface area contributed by atoms with Crippen LogP contribution in [0.15, 0.2) is 48.5 Å². The molecule has 1 amide bonds. The van der Waals surface area contributed by atoms with Crippen molar-refractivity contribution < 1.29 is 19.1 Å². The molecular weight excluding hydrogens is 390 g/mol. The number of carbonyl (C=O) groups excluding carboxylic acids is 2. The lowest BCUT2D eigenvalue weighted by atomic mass is 9.89. The normalized spacial score (nSPS) is 18.6. The van der Waals surface area contributed by atoms with Crippen molar-refractivity contribution in [3.63, 3.8) is 0 Å². The summed E-state index contributed by atoms with van der Waals surface area (Å²) in [5.74, 6) is 1.76. The van der Waals surface area contributed by atoms with E-state index in [0.29, 0.717) is 32.5 Å². The molecule has 0 aromatic heterocycles. The molecule has 1 unspecified atom stereocenters. The quantitative estimate of drug-likeness (QED) is 0.509. The van der Waals surface area contributed by atoms with Crippen molar-refractivity contribution in [3.8, 4) is 11.5 Å². The molecule has 1 atom stereocenters. The van der Waals surface area contributed by atoms with Crippen molar-refractivity contribution in [3.05, 3.63) is 65.2 Å². The van der Waals surface area contributed by atoms with E-state index in [0.717, 1.165) is 34.6 Å². The lowest BCUT2D eigenvalue weighted by Gasteiger charge is -2.30. The van der Waals surface area contributed by atoms with Crippen LogP contribution in [0, 0.1) is 5.92 Å². The molecule has 0 aliphatic carbocycles. The average Bonchev–Trinajstić information content (AvgIpc) is 3.16. The largest absolute Gasteiger partial charge is 0.493 e. The summed E-state index contributed by atoms with van der Waals surface area (Å²) < 4.78 is 11.6. The molecule has 2 aliphatic heterocycles. The van der Waals surface area contributed by atoms with Crippen LogP contribution in [0.4, 0.5) is 0 Å². The van der Waals surface area contributed by atoms with E-state index in [1.165, 1.54) is 0 Å². The summed E-state index contributed by atoms with van der Waals surface area (Å²) in [7, 11) is 0. The van der Waals surface area contributed by atoms with E-state index in [9.17, 15) is 9.59 Å². The maximum Gasteiger partial charge on any atom is 0.246 e. The minimum atomic E-state index is -0.0390. The summed E-state index contributed by atoms with van der Waals surface area (Å²) in [6, 6.07) is 13.4. The van der Waals surface area contributed by atoms with Gasteiger partial charge in [0.2, 0.25) is 5.91 Å². The molecule has 2 aliphatic rings. The van der Waals surface area contributed by atoms with E-state index in [1.54, 1.807) is 12.2 Å². The van der Waals surface area contributed by atoms with Gasteiger partial charge >= 0.3 is 0 Å². The summed E-state index contributed by atoms with van der Waals surface area (Å²) in [5.41, 5.74) is 2.74. The molecule has 0 saturated carbocycles. The number of piperidine rings is 1. The van der Waals surface area contributed by atoms with Crippen LogP contribution in [0.3, 0.4) is 0 Å².